The van der Waals surface area contributed by atoms with E-state index < -0.39 is 75.7 Å². The highest BCUT2D eigenvalue weighted by atomic mass is 19.2. The number of halogens is 10. The van der Waals surface area contributed by atoms with E-state index in [0.29, 0.717) is 37.1 Å². The Balaban J connectivity index is 0.000000134. The molecule has 0 bridgehead atoms. The van der Waals surface area contributed by atoms with E-state index in [9.17, 15) is 18.4 Å². The van der Waals surface area contributed by atoms with E-state index in [1.807, 2.05) is 120 Å². The number of para-hydroxylation sites is 4. The number of aromatic amines is 4. The Morgan fingerprint density at radius 2 is 0.667 bits per heavy atom. The van der Waals surface area contributed by atoms with E-state index in [4.69, 9.17) is 18.9 Å². The van der Waals surface area contributed by atoms with Crippen molar-refractivity contribution in [2.75, 3.05) is 105 Å². The Morgan fingerprint density at radius 3 is 1.06 bits per heavy atom. The lowest BCUT2D eigenvalue weighted by Gasteiger charge is -2.43. The molecule has 4 aromatic heterocycles. The molecule has 147 heavy (non-hydrogen) atoms. The van der Waals surface area contributed by atoms with Crippen LogP contribution < -0.4 is 18.9 Å². The predicted octanol–water partition coefficient (Wildman–Crippen LogP) is 26.3. The van der Waals surface area contributed by atoms with Gasteiger partial charge in [-0.05, 0) is 249 Å². The molecule has 20 rings (SSSR count). The zero-order valence-electron chi connectivity index (χ0n) is 88.7. The van der Waals surface area contributed by atoms with Crippen LogP contribution in [0.2, 0.25) is 0 Å². The number of hydrogen-bond acceptors (Lipinski definition) is 13. The van der Waals surface area contributed by atoms with Crippen LogP contribution in [0, 0.1) is 46.2 Å². The van der Waals surface area contributed by atoms with E-state index >= 15 is 30.7 Å². The molecule has 0 radical (unpaired) electrons. The Bertz CT molecular complexity index is 6510. The molecule has 4 N–H and O–H groups in total. The van der Waals surface area contributed by atoms with Crippen molar-refractivity contribution in [3.05, 3.63) is 259 Å². The third-order valence-corrected chi connectivity index (χ3v) is 30.7. The summed E-state index contributed by atoms with van der Waals surface area (Å²) in [4.78, 5) is 31.3. The molecule has 0 saturated carbocycles. The second kappa shape index (κ2) is 45.8. The van der Waals surface area contributed by atoms with Gasteiger partial charge in [0.05, 0.1) is 35.8 Å². The number of fused-ring (bicyclic) bond motifs is 12. The van der Waals surface area contributed by atoms with Gasteiger partial charge in [0.15, 0.2) is 29.0 Å². The van der Waals surface area contributed by atoms with Crippen molar-refractivity contribution in [2.24, 2.45) is 0 Å². The van der Waals surface area contributed by atoms with Crippen LogP contribution in [0.15, 0.2) is 152 Å². The van der Waals surface area contributed by atoms with E-state index in [1.54, 1.807) is 27.7 Å². The Morgan fingerprint density at radius 1 is 0.333 bits per heavy atom. The Kier molecular flexibility index (Phi) is 33.6. The quantitative estimate of drug-likeness (QED) is 0.0221. The van der Waals surface area contributed by atoms with Gasteiger partial charge in [0, 0.05) is 198 Å². The minimum atomic E-state index is -1.53. The van der Waals surface area contributed by atoms with Crippen molar-refractivity contribution < 1.29 is 62.9 Å². The van der Waals surface area contributed by atoms with Crippen LogP contribution in [-0.4, -0.2) is 235 Å². The number of ether oxygens (including phenoxy) is 4. The molecule has 0 amide bonds. The first-order valence-corrected chi connectivity index (χ1v) is 53.9. The monoisotopic (exact) mass is 2030 g/mol. The Labute approximate surface area is 861 Å². The molecule has 8 aliphatic rings. The second-order valence-electron chi connectivity index (χ2n) is 45.4. The van der Waals surface area contributed by atoms with Gasteiger partial charge in [-0.3, -0.25) is 39.2 Å². The van der Waals surface area contributed by atoms with E-state index in [0.717, 1.165) is 193 Å². The molecule has 17 nitrogen and oxygen atoms in total. The standard InChI is InChI=1S/C31H40F3N3O.C30H38F3N3O.C30H37FN4O.C29H36F3N3O/c1-5-6-7-10-13-36-17-22(18-36)38-30-25(32)15-21(16-26(30)33)29-28-24(23-11-8-9-12-27(23)35-28)14-20(2)37(29)19-31(3,4)34;1-5-6-9-12-35-16-21(17-35)37-20-14-24(31)27(25(32)15-20)29-28-23(22-10-7-8-11-26(22)34-28)13-19(2)36(29)18-30(3,4)33;1-5-6-13-34-17-23(18-34)36-22-11-12-24(21(15-22)16-32)29-28-26(25-9-7-8-10-27(25)33-28)14-20(2)35(29)19-30(3,4)31;1-5-6-11-34-15-19(16-34)36-26-14-23(30)22(13-24(26)31)28-27-21(20-9-7-8-10-25(20)33-27)12-18(2)35(28)17-29(3,4)32/h8-9,11-12,15-16,20,22,29,35H,5-7,10,13-14,17-19H2,1-4H3;7-8,10-11,14-15,19,21,29,34H,5-6,9,12-13,16-18H2,1-4H3;7-12,15,20,23,29,33H,5-6,13-14,17-19H2,1-4H3;7-10,13-14,18-19,28,33H,5-6,11-12,15-17H2,1-4H3/t20-,29-;19-,29-;20-,29-;18-,28-/m1111/s1. The first-order valence-electron chi connectivity index (χ1n) is 53.9. The summed E-state index contributed by atoms with van der Waals surface area (Å²) in [5, 5.41) is 14.6. The van der Waals surface area contributed by atoms with Gasteiger partial charge in [0.1, 0.15) is 76.0 Å². The fourth-order valence-electron chi connectivity index (χ4n) is 23.6. The van der Waals surface area contributed by atoms with Gasteiger partial charge in [0.25, 0.3) is 0 Å². The number of rotatable bonds is 35. The molecule has 4 saturated heterocycles. The van der Waals surface area contributed by atoms with Gasteiger partial charge in [-0.2, -0.15) is 5.26 Å². The number of unbranched alkanes of at least 4 members (excludes halogenated alkanes) is 7. The average molecular weight is 2030 g/mol. The fraction of sp³-hybridized carbons (Fsp3) is 0.525. The smallest absolute Gasteiger partial charge is 0.191 e. The largest absolute Gasteiger partial charge is 0.488 e. The molecule has 12 aromatic rings. The van der Waals surface area contributed by atoms with Crippen LogP contribution in [0.3, 0.4) is 0 Å². The van der Waals surface area contributed by atoms with Crippen molar-refractivity contribution in [3.8, 4) is 29.1 Å². The first kappa shape index (κ1) is 108. The van der Waals surface area contributed by atoms with Crippen LogP contribution in [-0.2, 0) is 25.7 Å². The van der Waals surface area contributed by atoms with Crippen LogP contribution >= 0.6 is 0 Å². The summed E-state index contributed by atoms with van der Waals surface area (Å²) >= 11 is 0. The molecule has 12 heterocycles. The summed E-state index contributed by atoms with van der Waals surface area (Å²) in [5.74, 6) is -3.33. The van der Waals surface area contributed by atoms with Gasteiger partial charge >= 0.3 is 0 Å². The van der Waals surface area contributed by atoms with Gasteiger partial charge in [0.2, 0.25) is 0 Å². The Hall–Kier alpha value is -10.4. The highest BCUT2D eigenvalue weighted by Gasteiger charge is 2.47. The first-order chi connectivity index (χ1) is 70.2. The topological polar surface area (TPSA) is 150 Å². The minimum absolute atomic E-state index is 0.0120. The number of hydrogen-bond donors (Lipinski definition) is 4. The molecular formula is C120H151F10N13O4. The number of nitriles is 1. The molecule has 8 aromatic carbocycles. The van der Waals surface area contributed by atoms with Crippen molar-refractivity contribution in [3.63, 3.8) is 0 Å². The number of nitrogens with one attached hydrogen (secondary N) is 4. The highest BCUT2D eigenvalue weighted by molar-refractivity contribution is 5.88. The molecule has 27 heteroatoms. The summed E-state index contributed by atoms with van der Waals surface area (Å²) < 4.78 is 177. The molecule has 0 unspecified atom stereocenters. The summed E-state index contributed by atoms with van der Waals surface area (Å²) in [6.45, 7) is 40.3. The van der Waals surface area contributed by atoms with Crippen molar-refractivity contribution >= 4 is 43.6 Å². The van der Waals surface area contributed by atoms with E-state index in [2.05, 4.69) is 116 Å². The molecule has 8 atom stereocenters. The summed E-state index contributed by atoms with van der Waals surface area (Å²) in [5.41, 5.74) is 8.11. The SMILES string of the molecule is CCCCCCN1CC(Oc2c(F)cc([C@@H]3c4[nH]c5ccccc5c4C[C@@H](C)N3CC(C)(C)F)cc2F)C1.CCCCCN1CC(Oc2cc(F)c([C@@H]3c4[nH]c5ccccc5c4C[C@@H](C)N3CC(C)(C)F)c(F)c2)C1.CCCCN1CC(Oc2cc(F)c([C@@H]3c4[nH]c5ccccc5c4C[C@@H](C)N3CC(C)(C)F)cc2F)C1.CCCCN1CC(Oc2ccc([C@@H]3c4[nH]c5ccccc5c4C[C@@H](C)N3CC(C)(C)F)c(C#N)c2)C1. The minimum Gasteiger partial charge on any atom is -0.488 e. The number of H-pyrrole nitrogens is 4. The van der Waals surface area contributed by atoms with E-state index in [-0.39, 0.29) is 109 Å². The molecule has 4 fully saturated rings. The third-order valence-electron chi connectivity index (χ3n) is 30.7. The predicted molar refractivity (Wildman–Crippen MR) is 568 cm³/mol. The van der Waals surface area contributed by atoms with E-state index in [1.165, 1.54) is 120 Å². The molecular weight excluding hydrogens is 1880 g/mol. The molecule has 0 aliphatic carbocycles. The lowest BCUT2D eigenvalue weighted by atomic mass is 9.86. The summed E-state index contributed by atoms with van der Waals surface area (Å²) in [6.07, 6.45) is 15.7. The lowest BCUT2D eigenvalue weighted by molar-refractivity contribution is 0.0141. The summed E-state index contributed by atoms with van der Waals surface area (Å²) in [7, 11) is 0. The van der Waals surface area contributed by atoms with Crippen molar-refractivity contribution in [1.82, 2.24) is 59.1 Å². The number of likely N-dealkylation sites (tertiary alicyclic amines) is 4. The number of nitrogens with zero attached hydrogens (tertiary/aromatic N) is 9. The number of benzene rings is 8. The maximum atomic E-state index is 15.8. The van der Waals surface area contributed by atoms with Gasteiger partial charge in [-0.1, -0.05) is 152 Å². The van der Waals surface area contributed by atoms with Gasteiger partial charge < -0.3 is 38.9 Å². The fourth-order valence-corrected chi connectivity index (χ4v) is 23.6. The molecule has 8 aliphatic heterocycles. The third kappa shape index (κ3) is 24.9. The van der Waals surface area contributed by atoms with Crippen LogP contribution in [0.1, 0.15) is 278 Å². The molecule has 790 valence electrons. The highest BCUT2D eigenvalue weighted by Crippen LogP contribution is 2.50. The average Bonchev–Trinajstić information content (AvgIpc) is 1.60. The maximum absolute atomic E-state index is 15.8. The summed E-state index contributed by atoms with van der Waals surface area (Å²) in [6, 6.07) is 46.0. The zero-order chi connectivity index (χ0) is 104. The van der Waals surface area contributed by atoms with Gasteiger partial charge in [-0.25, -0.2) is 43.9 Å². The van der Waals surface area contributed by atoms with Crippen molar-refractivity contribution in [2.45, 2.75) is 303 Å². The normalized spacial score (nSPS) is 21.3. The van der Waals surface area contributed by atoms with Crippen molar-refractivity contribution in [1.29, 1.82) is 5.26 Å². The van der Waals surface area contributed by atoms with Crippen LogP contribution in [0.25, 0.3) is 43.6 Å². The molecule has 0 spiro atoms. The number of alkyl halides is 4. The lowest BCUT2D eigenvalue weighted by Crippen LogP contribution is -2.54. The van der Waals surface area contributed by atoms with Gasteiger partial charge in [-0.15, -0.1) is 0 Å². The zero-order valence-corrected chi connectivity index (χ0v) is 88.7. The van der Waals surface area contributed by atoms with Crippen LogP contribution in [0.5, 0.6) is 23.0 Å². The second-order valence-corrected chi connectivity index (χ2v) is 45.4. The number of aromatic nitrogens is 4. The maximum Gasteiger partial charge on any atom is 0.191 e. The van der Waals surface area contributed by atoms with Crippen LogP contribution in [0.4, 0.5) is 43.9 Å².